The Bertz CT molecular complexity index is 642. The smallest absolute Gasteiger partial charge is 0.186 e. The number of anilines is 1. The maximum Gasteiger partial charge on any atom is 0.186 e. The Hall–Kier alpha value is -0.840. The molecule has 3 nitrogen and oxygen atoms in total. The van der Waals surface area contributed by atoms with Crippen LogP contribution in [0.2, 0.25) is 5.02 Å². The van der Waals surface area contributed by atoms with E-state index in [0.29, 0.717) is 0 Å². The molecule has 2 aromatic rings. The van der Waals surface area contributed by atoms with Crippen molar-refractivity contribution in [3.05, 3.63) is 23.2 Å². The van der Waals surface area contributed by atoms with Gasteiger partial charge in [-0.15, -0.1) is 0 Å². The molecule has 4 rings (SSSR count). The second-order valence-corrected chi connectivity index (χ2v) is 7.87. The Balaban J connectivity index is 1.43. The summed E-state index contributed by atoms with van der Waals surface area (Å²) in [7, 11) is 0. The van der Waals surface area contributed by atoms with Crippen LogP contribution in [-0.2, 0) is 0 Å². The molecule has 0 radical (unpaired) electrons. The lowest BCUT2D eigenvalue weighted by Crippen LogP contribution is -2.50. The first-order chi connectivity index (χ1) is 10.8. The summed E-state index contributed by atoms with van der Waals surface area (Å²) in [4.78, 5) is 9.93. The second-order valence-electron chi connectivity index (χ2n) is 6.42. The van der Waals surface area contributed by atoms with Crippen LogP contribution in [0.25, 0.3) is 10.2 Å². The predicted octanol–water partition coefficient (Wildman–Crippen LogP) is 4.40. The number of hydrogen-bond acceptors (Lipinski definition) is 4. The summed E-state index contributed by atoms with van der Waals surface area (Å²) in [5.41, 5.74) is 1.07. The van der Waals surface area contributed by atoms with Gasteiger partial charge in [0.1, 0.15) is 0 Å². The average Bonchev–Trinajstić information content (AvgIpc) is 2.99. The summed E-state index contributed by atoms with van der Waals surface area (Å²) in [6.45, 7) is 4.57. The lowest BCUT2D eigenvalue weighted by molar-refractivity contribution is 0.148. The van der Waals surface area contributed by atoms with Crippen molar-refractivity contribution in [2.75, 3.05) is 31.1 Å². The molecule has 2 fully saturated rings. The van der Waals surface area contributed by atoms with E-state index in [1.807, 2.05) is 18.2 Å². The van der Waals surface area contributed by atoms with E-state index in [2.05, 4.69) is 9.80 Å². The van der Waals surface area contributed by atoms with Crippen molar-refractivity contribution in [3.8, 4) is 0 Å². The molecule has 2 heterocycles. The highest BCUT2D eigenvalue weighted by Gasteiger charge is 2.26. The molecule has 1 saturated carbocycles. The van der Waals surface area contributed by atoms with Gasteiger partial charge in [-0.1, -0.05) is 42.2 Å². The van der Waals surface area contributed by atoms with Crippen molar-refractivity contribution in [2.24, 2.45) is 0 Å². The van der Waals surface area contributed by atoms with Gasteiger partial charge in [-0.3, -0.25) is 4.90 Å². The van der Waals surface area contributed by atoms with Gasteiger partial charge in [-0.2, -0.15) is 0 Å². The van der Waals surface area contributed by atoms with Gasteiger partial charge in [-0.05, 0) is 31.0 Å². The number of thiazole rings is 1. The van der Waals surface area contributed by atoms with Gasteiger partial charge in [0.05, 0.1) is 10.2 Å². The molecule has 118 valence electrons. The molecule has 0 atom stereocenters. The van der Waals surface area contributed by atoms with Crippen LogP contribution in [0.1, 0.15) is 32.1 Å². The first-order valence-corrected chi connectivity index (χ1v) is 9.54. The zero-order chi connectivity index (χ0) is 14.9. The lowest BCUT2D eigenvalue weighted by atomic mass is 9.94. The summed E-state index contributed by atoms with van der Waals surface area (Å²) in [6.07, 6.45) is 7.08. The van der Waals surface area contributed by atoms with Crippen LogP contribution in [0.5, 0.6) is 0 Å². The zero-order valence-electron chi connectivity index (χ0n) is 12.8. The first-order valence-electron chi connectivity index (χ1n) is 8.35. The summed E-state index contributed by atoms with van der Waals surface area (Å²) in [5, 5.41) is 1.95. The van der Waals surface area contributed by atoms with Crippen molar-refractivity contribution < 1.29 is 0 Å². The van der Waals surface area contributed by atoms with Crippen molar-refractivity contribution in [2.45, 2.75) is 38.1 Å². The van der Waals surface area contributed by atoms with E-state index >= 15 is 0 Å². The minimum absolute atomic E-state index is 0.796. The normalized spacial score (nSPS) is 21.6. The highest BCUT2D eigenvalue weighted by atomic mass is 35.5. The topological polar surface area (TPSA) is 19.4 Å². The van der Waals surface area contributed by atoms with Crippen LogP contribution >= 0.6 is 22.9 Å². The third-order valence-electron chi connectivity index (χ3n) is 5.02. The lowest BCUT2D eigenvalue weighted by Gasteiger charge is -2.40. The minimum atomic E-state index is 0.796. The predicted molar refractivity (Wildman–Crippen MR) is 95.3 cm³/mol. The second kappa shape index (κ2) is 6.34. The Morgan fingerprint density at radius 3 is 2.59 bits per heavy atom. The SMILES string of the molecule is Clc1ccc2nc(N3CCN(C4CCCCC4)CC3)sc2c1. The van der Waals surface area contributed by atoms with Gasteiger partial charge < -0.3 is 4.90 Å². The quantitative estimate of drug-likeness (QED) is 0.810. The van der Waals surface area contributed by atoms with Gasteiger partial charge in [0.25, 0.3) is 0 Å². The van der Waals surface area contributed by atoms with Crippen molar-refractivity contribution in [1.82, 2.24) is 9.88 Å². The fraction of sp³-hybridized carbons (Fsp3) is 0.588. The molecule has 0 spiro atoms. The standard InChI is InChI=1S/C17H22ClN3S/c18-13-6-7-15-16(12-13)22-17(19-15)21-10-8-20(9-11-21)14-4-2-1-3-5-14/h6-7,12,14H,1-5,8-11H2. The minimum Gasteiger partial charge on any atom is -0.345 e. The van der Waals surface area contributed by atoms with Crippen LogP contribution in [0.4, 0.5) is 5.13 Å². The van der Waals surface area contributed by atoms with Gasteiger partial charge in [0.15, 0.2) is 5.13 Å². The van der Waals surface area contributed by atoms with Crippen molar-refractivity contribution in [1.29, 1.82) is 0 Å². The number of benzene rings is 1. The maximum atomic E-state index is 6.08. The number of nitrogens with zero attached hydrogens (tertiary/aromatic N) is 3. The molecule has 1 aliphatic heterocycles. The number of fused-ring (bicyclic) bond motifs is 1. The maximum absolute atomic E-state index is 6.08. The van der Waals surface area contributed by atoms with E-state index in [-0.39, 0.29) is 0 Å². The van der Waals surface area contributed by atoms with Crippen LogP contribution in [0, 0.1) is 0 Å². The number of hydrogen-bond donors (Lipinski definition) is 0. The Morgan fingerprint density at radius 2 is 1.82 bits per heavy atom. The molecule has 22 heavy (non-hydrogen) atoms. The third-order valence-corrected chi connectivity index (χ3v) is 6.33. The van der Waals surface area contributed by atoms with Gasteiger partial charge in [-0.25, -0.2) is 4.98 Å². The molecule has 1 saturated heterocycles. The van der Waals surface area contributed by atoms with E-state index in [4.69, 9.17) is 16.6 Å². The molecule has 0 N–H and O–H groups in total. The number of aromatic nitrogens is 1. The summed E-state index contributed by atoms with van der Waals surface area (Å²) in [6, 6.07) is 6.81. The molecular formula is C17H22ClN3S. The fourth-order valence-corrected chi connectivity index (χ4v) is 5.04. The summed E-state index contributed by atoms with van der Waals surface area (Å²) in [5.74, 6) is 0. The number of halogens is 1. The van der Waals surface area contributed by atoms with E-state index in [9.17, 15) is 0 Å². The van der Waals surface area contributed by atoms with Crippen LogP contribution in [0.15, 0.2) is 18.2 Å². The zero-order valence-corrected chi connectivity index (χ0v) is 14.4. The summed E-state index contributed by atoms with van der Waals surface area (Å²) >= 11 is 7.84. The molecule has 1 aromatic heterocycles. The van der Waals surface area contributed by atoms with E-state index in [1.54, 1.807) is 11.3 Å². The van der Waals surface area contributed by atoms with Crippen LogP contribution in [0.3, 0.4) is 0 Å². The molecule has 0 amide bonds. The first kappa shape index (κ1) is 14.7. The van der Waals surface area contributed by atoms with Gasteiger partial charge in [0, 0.05) is 37.2 Å². The van der Waals surface area contributed by atoms with E-state index in [0.717, 1.165) is 34.8 Å². The fourth-order valence-electron chi connectivity index (χ4n) is 3.75. The number of rotatable bonds is 2. The molecular weight excluding hydrogens is 314 g/mol. The van der Waals surface area contributed by atoms with Gasteiger partial charge in [0.2, 0.25) is 0 Å². The number of piperazine rings is 1. The monoisotopic (exact) mass is 335 g/mol. The van der Waals surface area contributed by atoms with Crippen LogP contribution in [-0.4, -0.2) is 42.1 Å². The van der Waals surface area contributed by atoms with Crippen molar-refractivity contribution >= 4 is 38.3 Å². The molecule has 1 aromatic carbocycles. The molecule has 1 aliphatic carbocycles. The highest BCUT2D eigenvalue weighted by molar-refractivity contribution is 7.22. The van der Waals surface area contributed by atoms with Gasteiger partial charge >= 0.3 is 0 Å². The van der Waals surface area contributed by atoms with E-state index in [1.165, 1.54) is 49.9 Å². The molecule has 5 heteroatoms. The molecule has 2 aliphatic rings. The summed E-state index contributed by atoms with van der Waals surface area (Å²) < 4.78 is 1.19. The Kier molecular flexibility index (Phi) is 4.25. The largest absolute Gasteiger partial charge is 0.345 e. The third kappa shape index (κ3) is 2.97. The van der Waals surface area contributed by atoms with Crippen molar-refractivity contribution in [3.63, 3.8) is 0 Å². The van der Waals surface area contributed by atoms with E-state index < -0.39 is 0 Å². The Labute approximate surface area is 140 Å². The van der Waals surface area contributed by atoms with Crippen LogP contribution < -0.4 is 4.90 Å². The average molecular weight is 336 g/mol. The highest BCUT2D eigenvalue weighted by Crippen LogP contribution is 2.32. The molecule has 0 unspecified atom stereocenters. The Morgan fingerprint density at radius 1 is 1.05 bits per heavy atom. The molecule has 0 bridgehead atoms.